The Balaban J connectivity index is 2.97. The minimum atomic E-state index is -1.18. The van der Waals surface area contributed by atoms with Gasteiger partial charge in [0.15, 0.2) is 5.17 Å². The fourth-order valence-electron chi connectivity index (χ4n) is 2.84. The first kappa shape index (κ1) is 25.8. The number of allylic oxidation sites excluding steroid dienone is 1. The number of halogens is 1. The van der Waals surface area contributed by atoms with Crippen LogP contribution in [-0.4, -0.2) is 84.7 Å². The highest BCUT2D eigenvalue weighted by atomic mass is 32.2. The van der Waals surface area contributed by atoms with E-state index in [4.69, 9.17) is 10.1 Å². The second kappa shape index (κ2) is 13.1. The molecule has 1 atom stereocenters. The number of carbonyl (C=O) groups excluding carboxylic acids is 1. The molecule has 170 valence electrons. The SMILES string of the molecule is C=CN=C(CC(=O)N1CCOCC1)N(C)N/C(CC)=C(\NC)N(C)C(=N)SC(C)F. The average molecular weight is 444 g/mol. The Morgan fingerprint density at radius 2 is 2.07 bits per heavy atom. The van der Waals surface area contributed by atoms with Crippen molar-refractivity contribution >= 4 is 28.7 Å². The maximum Gasteiger partial charge on any atom is 0.230 e. The van der Waals surface area contributed by atoms with Gasteiger partial charge in [0.25, 0.3) is 0 Å². The van der Waals surface area contributed by atoms with Gasteiger partial charge in [-0.1, -0.05) is 25.3 Å². The fraction of sp³-hybridized carbons (Fsp3) is 0.632. The molecule has 1 saturated heterocycles. The number of hydrogen-bond acceptors (Lipinski definition) is 7. The lowest BCUT2D eigenvalue weighted by Crippen LogP contribution is -2.46. The van der Waals surface area contributed by atoms with E-state index in [1.807, 2.05) is 6.92 Å². The van der Waals surface area contributed by atoms with E-state index in [0.29, 0.717) is 44.4 Å². The quantitative estimate of drug-likeness (QED) is 0.285. The van der Waals surface area contributed by atoms with Crippen LogP contribution in [0.25, 0.3) is 0 Å². The number of amides is 1. The van der Waals surface area contributed by atoms with Crippen molar-refractivity contribution < 1.29 is 13.9 Å². The number of nitrogens with zero attached hydrogens (tertiary/aromatic N) is 4. The van der Waals surface area contributed by atoms with Crippen LogP contribution >= 0.6 is 11.8 Å². The van der Waals surface area contributed by atoms with Gasteiger partial charge in [0.1, 0.15) is 17.2 Å². The third-order valence-corrected chi connectivity index (χ3v) is 5.22. The topological polar surface area (TPSA) is 96.3 Å². The summed E-state index contributed by atoms with van der Waals surface area (Å²) < 4.78 is 18.6. The van der Waals surface area contributed by atoms with E-state index in [2.05, 4.69) is 22.3 Å². The van der Waals surface area contributed by atoms with Crippen LogP contribution in [0.3, 0.4) is 0 Å². The number of thioether (sulfide) groups is 1. The average Bonchev–Trinajstić information content (AvgIpc) is 2.72. The lowest BCUT2D eigenvalue weighted by Gasteiger charge is -2.31. The Morgan fingerprint density at radius 3 is 2.57 bits per heavy atom. The molecule has 1 aliphatic rings. The summed E-state index contributed by atoms with van der Waals surface area (Å²) in [6.45, 7) is 9.21. The van der Waals surface area contributed by atoms with Crippen molar-refractivity contribution in [1.82, 2.24) is 25.6 Å². The number of hydrazine groups is 1. The van der Waals surface area contributed by atoms with E-state index in [0.717, 1.165) is 17.5 Å². The van der Waals surface area contributed by atoms with Crippen molar-refractivity contribution in [3.05, 3.63) is 24.3 Å². The molecule has 1 heterocycles. The molecule has 0 aromatic carbocycles. The monoisotopic (exact) mass is 443 g/mol. The number of aliphatic imine (C=N–C) groups is 1. The summed E-state index contributed by atoms with van der Waals surface area (Å²) in [5, 5.41) is 12.9. The number of alkyl halides is 1. The lowest BCUT2D eigenvalue weighted by molar-refractivity contribution is -0.134. The van der Waals surface area contributed by atoms with Crippen LogP contribution in [0.2, 0.25) is 0 Å². The van der Waals surface area contributed by atoms with Crippen molar-refractivity contribution in [2.75, 3.05) is 47.4 Å². The Kier molecular flexibility index (Phi) is 11.3. The summed E-state index contributed by atoms with van der Waals surface area (Å²) in [6.07, 6.45) is 2.12. The summed E-state index contributed by atoms with van der Waals surface area (Å²) in [5.74, 6) is 1.10. The van der Waals surface area contributed by atoms with Gasteiger partial charge in [-0.2, -0.15) is 0 Å². The molecule has 1 unspecified atom stereocenters. The van der Waals surface area contributed by atoms with Crippen molar-refractivity contribution in [2.24, 2.45) is 4.99 Å². The summed E-state index contributed by atoms with van der Waals surface area (Å²) in [5.41, 5.74) is 2.81. The number of nitrogens with one attached hydrogen (secondary N) is 3. The van der Waals surface area contributed by atoms with E-state index in [1.54, 1.807) is 36.0 Å². The number of carbonyl (C=O) groups is 1. The third kappa shape index (κ3) is 7.86. The molecule has 30 heavy (non-hydrogen) atoms. The van der Waals surface area contributed by atoms with Crippen LogP contribution < -0.4 is 10.7 Å². The van der Waals surface area contributed by atoms with Crippen molar-refractivity contribution in [2.45, 2.75) is 32.2 Å². The van der Waals surface area contributed by atoms with E-state index in [1.165, 1.54) is 13.1 Å². The first-order chi connectivity index (χ1) is 14.2. The zero-order chi connectivity index (χ0) is 22.7. The van der Waals surface area contributed by atoms with Crippen molar-refractivity contribution in [3.8, 4) is 0 Å². The van der Waals surface area contributed by atoms with Gasteiger partial charge < -0.3 is 19.9 Å². The van der Waals surface area contributed by atoms with Crippen LogP contribution in [0, 0.1) is 5.41 Å². The molecule has 0 aromatic rings. The fourth-order valence-corrected chi connectivity index (χ4v) is 3.39. The van der Waals surface area contributed by atoms with Crippen molar-refractivity contribution in [1.29, 1.82) is 5.41 Å². The highest BCUT2D eigenvalue weighted by Gasteiger charge is 2.22. The first-order valence-corrected chi connectivity index (χ1v) is 10.7. The summed E-state index contributed by atoms with van der Waals surface area (Å²) in [7, 11) is 5.20. The summed E-state index contributed by atoms with van der Waals surface area (Å²) in [6, 6.07) is 0. The van der Waals surface area contributed by atoms with Gasteiger partial charge in [0, 0.05) is 40.4 Å². The standard InChI is InChI=1S/C19H34FN7O2S/c1-7-15(18(22-4)25(5)19(21)30-14(3)20)24-26(6)16(23-8-2)13-17(28)27-9-11-29-12-10-27/h8,14,21-22,24H,2,7,9-13H2,1,3-6H3/b18-15+,21-19?,23-16?. The van der Waals surface area contributed by atoms with Crippen LogP contribution in [0.1, 0.15) is 26.7 Å². The van der Waals surface area contributed by atoms with Gasteiger partial charge in [-0.25, -0.2) is 9.38 Å². The predicted octanol–water partition coefficient (Wildman–Crippen LogP) is 1.93. The second-order valence-electron chi connectivity index (χ2n) is 6.52. The normalized spacial score (nSPS) is 16.3. The maximum absolute atomic E-state index is 13.3. The first-order valence-electron chi connectivity index (χ1n) is 9.82. The molecule has 0 aromatic heterocycles. The molecule has 11 heteroatoms. The summed E-state index contributed by atoms with van der Waals surface area (Å²) >= 11 is 0.821. The van der Waals surface area contributed by atoms with E-state index in [-0.39, 0.29) is 17.5 Å². The third-order valence-electron chi connectivity index (χ3n) is 4.39. The molecule has 0 spiro atoms. The minimum absolute atomic E-state index is 0.0318. The van der Waals surface area contributed by atoms with Gasteiger partial charge in [-0.05, 0) is 13.3 Å². The van der Waals surface area contributed by atoms with E-state index in [9.17, 15) is 9.18 Å². The Hall–Kier alpha value is -2.27. The number of ether oxygens (including phenoxy) is 1. The lowest BCUT2D eigenvalue weighted by atomic mass is 10.3. The van der Waals surface area contributed by atoms with E-state index < -0.39 is 5.50 Å². The smallest absolute Gasteiger partial charge is 0.230 e. The predicted molar refractivity (Wildman–Crippen MR) is 121 cm³/mol. The number of morpholine rings is 1. The molecule has 0 radical (unpaired) electrons. The molecule has 0 aliphatic carbocycles. The van der Waals surface area contributed by atoms with Gasteiger partial charge in [-0.3, -0.25) is 20.6 Å². The van der Waals surface area contributed by atoms with Crippen LogP contribution in [0.5, 0.6) is 0 Å². The highest BCUT2D eigenvalue weighted by molar-refractivity contribution is 8.14. The number of hydrogen-bond donors (Lipinski definition) is 3. The Morgan fingerprint density at radius 1 is 1.43 bits per heavy atom. The molecule has 1 fully saturated rings. The largest absolute Gasteiger partial charge is 0.378 e. The zero-order valence-corrected chi connectivity index (χ0v) is 19.3. The van der Waals surface area contributed by atoms with Crippen LogP contribution in [0.4, 0.5) is 4.39 Å². The molecule has 1 rings (SSSR count). The van der Waals surface area contributed by atoms with Crippen molar-refractivity contribution in [3.63, 3.8) is 0 Å². The second-order valence-corrected chi connectivity index (χ2v) is 7.80. The molecule has 0 saturated carbocycles. The molecule has 0 bridgehead atoms. The maximum atomic E-state index is 13.3. The zero-order valence-electron chi connectivity index (χ0n) is 18.5. The van der Waals surface area contributed by atoms with Gasteiger partial charge >= 0.3 is 0 Å². The molecule has 3 N–H and O–H groups in total. The molecule has 9 nitrogen and oxygen atoms in total. The highest BCUT2D eigenvalue weighted by Crippen LogP contribution is 2.18. The van der Waals surface area contributed by atoms with Crippen LogP contribution in [-0.2, 0) is 9.53 Å². The molecule has 1 amide bonds. The Bertz CT molecular complexity index is 663. The molecule has 1 aliphatic heterocycles. The van der Waals surface area contributed by atoms with Crippen LogP contribution in [0.15, 0.2) is 29.3 Å². The van der Waals surface area contributed by atoms with E-state index >= 15 is 0 Å². The summed E-state index contributed by atoms with van der Waals surface area (Å²) in [4.78, 5) is 20.2. The number of rotatable bonds is 9. The minimum Gasteiger partial charge on any atom is -0.378 e. The molecular formula is C19H34FN7O2S. The van der Waals surface area contributed by atoms with Gasteiger partial charge in [-0.15, -0.1) is 0 Å². The van der Waals surface area contributed by atoms with Gasteiger partial charge in [0.2, 0.25) is 5.91 Å². The number of amidine groups is 2. The van der Waals surface area contributed by atoms with Gasteiger partial charge in [0.05, 0.1) is 25.3 Å². The molecular weight excluding hydrogens is 409 g/mol. The Labute approximate surface area is 182 Å².